The van der Waals surface area contributed by atoms with E-state index in [0.29, 0.717) is 16.7 Å². The highest BCUT2D eigenvalue weighted by Crippen LogP contribution is 2.20. The van der Waals surface area contributed by atoms with Gasteiger partial charge in [0.1, 0.15) is 5.58 Å². The van der Waals surface area contributed by atoms with Gasteiger partial charge in [-0.15, -0.1) is 0 Å². The summed E-state index contributed by atoms with van der Waals surface area (Å²) >= 11 is 0. The minimum Gasteiger partial charge on any atom is -0.462 e. The van der Waals surface area contributed by atoms with Crippen LogP contribution in [0.1, 0.15) is 5.56 Å². The van der Waals surface area contributed by atoms with Crippen LogP contribution in [0.5, 0.6) is 0 Å². The minimum atomic E-state index is -0.976. The number of aryl methyl sites for hydroxylation is 1. The Morgan fingerprint density at radius 1 is 1.26 bits per heavy atom. The van der Waals surface area contributed by atoms with E-state index in [9.17, 15) is 14.4 Å². The monoisotopic (exact) mass is 261 g/mol. The summed E-state index contributed by atoms with van der Waals surface area (Å²) < 4.78 is 9.31. The summed E-state index contributed by atoms with van der Waals surface area (Å²) in [4.78, 5) is 33.6. The zero-order valence-electron chi connectivity index (χ0n) is 10.4. The fourth-order valence-electron chi connectivity index (χ4n) is 1.67. The number of benzene rings is 1. The van der Waals surface area contributed by atoms with E-state index in [1.807, 2.05) is 0 Å². The van der Waals surface area contributed by atoms with Crippen LogP contribution in [0.4, 0.5) is 5.69 Å². The third-order valence-electron chi connectivity index (χ3n) is 2.58. The van der Waals surface area contributed by atoms with Crippen molar-refractivity contribution in [3.8, 4) is 0 Å². The van der Waals surface area contributed by atoms with E-state index in [-0.39, 0.29) is 0 Å². The molecule has 0 aliphatic heterocycles. The van der Waals surface area contributed by atoms with Crippen LogP contribution >= 0.6 is 0 Å². The van der Waals surface area contributed by atoms with Crippen LogP contribution in [0.25, 0.3) is 11.0 Å². The number of anilines is 1. The third-order valence-corrected chi connectivity index (χ3v) is 2.58. The van der Waals surface area contributed by atoms with Gasteiger partial charge >= 0.3 is 17.5 Å². The van der Waals surface area contributed by atoms with Gasteiger partial charge in [0.2, 0.25) is 0 Å². The van der Waals surface area contributed by atoms with Crippen LogP contribution in [0, 0.1) is 6.92 Å². The number of carbonyl (C=O) groups is 2. The van der Waals surface area contributed by atoms with Gasteiger partial charge in [-0.3, -0.25) is 4.79 Å². The predicted octanol–water partition coefficient (Wildman–Crippen LogP) is 1.21. The molecule has 0 saturated heterocycles. The van der Waals surface area contributed by atoms with Crippen molar-refractivity contribution in [2.24, 2.45) is 0 Å². The van der Waals surface area contributed by atoms with Crippen molar-refractivity contribution in [3.05, 3.63) is 40.2 Å². The summed E-state index contributed by atoms with van der Waals surface area (Å²) in [7, 11) is 1.13. The van der Waals surface area contributed by atoms with Crippen molar-refractivity contribution in [1.82, 2.24) is 0 Å². The van der Waals surface area contributed by atoms with E-state index >= 15 is 0 Å². The lowest BCUT2D eigenvalue weighted by Crippen LogP contribution is -2.23. The predicted molar refractivity (Wildman–Crippen MR) is 67.9 cm³/mol. The molecule has 0 unspecified atom stereocenters. The van der Waals surface area contributed by atoms with E-state index < -0.39 is 17.5 Å². The number of ether oxygens (including phenoxy) is 1. The number of hydrogen-bond acceptors (Lipinski definition) is 5. The minimum absolute atomic E-state index is 0.417. The smallest absolute Gasteiger partial charge is 0.396 e. The zero-order chi connectivity index (χ0) is 14.0. The Labute approximate surface area is 108 Å². The van der Waals surface area contributed by atoms with Crippen molar-refractivity contribution >= 4 is 28.5 Å². The summed E-state index contributed by atoms with van der Waals surface area (Å²) in [6.07, 6.45) is 0. The van der Waals surface area contributed by atoms with Gasteiger partial charge < -0.3 is 14.5 Å². The molecule has 1 aromatic carbocycles. The second kappa shape index (κ2) is 4.93. The normalized spacial score (nSPS) is 10.2. The standard InChI is InChI=1S/C13H11NO5/c1-7-5-11(15)19-10-4-3-8(6-9(7)10)14-12(16)13(17)18-2/h3-6H,1-2H3,(H,14,16). The first-order valence-electron chi connectivity index (χ1n) is 5.45. The Morgan fingerprint density at radius 2 is 2.00 bits per heavy atom. The number of rotatable bonds is 1. The number of carbonyl (C=O) groups excluding carboxylic acids is 2. The number of methoxy groups -OCH3 is 1. The highest BCUT2D eigenvalue weighted by molar-refractivity contribution is 6.37. The number of nitrogens with one attached hydrogen (secondary N) is 1. The lowest BCUT2D eigenvalue weighted by Gasteiger charge is -2.06. The van der Waals surface area contributed by atoms with E-state index in [2.05, 4.69) is 10.1 Å². The summed E-state index contributed by atoms with van der Waals surface area (Å²) in [6.45, 7) is 1.76. The van der Waals surface area contributed by atoms with Crippen LogP contribution in [0.15, 0.2) is 33.5 Å². The van der Waals surface area contributed by atoms with Crippen molar-refractivity contribution < 1.29 is 18.7 Å². The fourth-order valence-corrected chi connectivity index (χ4v) is 1.67. The summed E-state index contributed by atoms with van der Waals surface area (Å²) in [5, 5.41) is 3.08. The summed E-state index contributed by atoms with van der Waals surface area (Å²) in [5.74, 6) is -1.84. The molecule has 1 N–H and O–H groups in total. The first kappa shape index (κ1) is 12.8. The Morgan fingerprint density at radius 3 is 2.68 bits per heavy atom. The van der Waals surface area contributed by atoms with Crippen molar-refractivity contribution in [3.63, 3.8) is 0 Å². The van der Waals surface area contributed by atoms with Crippen LogP contribution in [-0.2, 0) is 14.3 Å². The maximum absolute atomic E-state index is 11.4. The number of fused-ring (bicyclic) bond motifs is 1. The Bertz CT molecular complexity index is 717. The van der Waals surface area contributed by atoms with Gasteiger partial charge in [0, 0.05) is 17.1 Å². The van der Waals surface area contributed by atoms with Crippen LogP contribution < -0.4 is 10.9 Å². The first-order chi connectivity index (χ1) is 9.01. The van der Waals surface area contributed by atoms with Crippen molar-refractivity contribution in [2.45, 2.75) is 6.92 Å². The molecule has 0 bridgehead atoms. The van der Waals surface area contributed by atoms with E-state index in [4.69, 9.17) is 4.42 Å². The SMILES string of the molecule is COC(=O)C(=O)Nc1ccc2oc(=O)cc(C)c2c1. The summed E-state index contributed by atoms with van der Waals surface area (Å²) in [6, 6.07) is 6.06. The van der Waals surface area contributed by atoms with Gasteiger partial charge in [0.05, 0.1) is 7.11 Å². The third kappa shape index (κ3) is 2.62. The molecule has 2 aromatic rings. The Balaban J connectivity index is 2.39. The highest BCUT2D eigenvalue weighted by Gasteiger charge is 2.14. The molecule has 0 radical (unpaired) electrons. The average molecular weight is 261 g/mol. The van der Waals surface area contributed by atoms with Crippen molar-refractivity contribution in [2.75, 3.05) is 12.4 Å². The highest BCUT2D eigenvalue weighted by atomic mass is 16.5. The molecule has 6 heteroatoms. The van der Waals surface area contributed by atoms with Crippen molar-refractivity contribution in [1.29, 1.82) is 0 Å². The lowest BCUT2D eigenvalue weighted by atomic mass is 10.1. The molecule has 98 valence electrons. The van der Waals surface area contributed by atoms with Gasteiger partial charge in [-0.05, 0) is 30.7 Å². The van der Waals surface area contributed by atoms with Gasteiger partial charge in [-0.1, -0.05) is 0 Å². The van der Waals surface area contributed by atoms with Crippen LogP contribution in [0.2, 0.25) is 0 Å². The maximum Gasteiger partial charge on any atom is 0.396 e. The van der Waals surface area contributed by atoms with E-state index in [0.717, 1.165) is 12.7 Å². The van der Waals surface area contributed by atoms with Gasteiger partial charge in [-0.25, -0.2) is 9.59 Å². The molecule has 1 heterocycles. The molecule has 0 spiro atoms. The second-order valence-corrected chi connectivity index (χ2v) is 3.91. The zero-order valence-corrected chi connectivity index (χ0v) is 10.4. The molecule has 0 fully saturated rings. The van der Waals surface area contributed by atoms with Gasteiger partial charge in [-0.2, -0.15) is 0 Å². The molecule has 1 amide bonds. The topological polar surface area (TPSA) is 85.6 Å². The lowest BCUT2D eigenvalue weighted by molar-refractivity contribution is -0.150. The van der Waals surface area contributed by atoms with Crippen LogP contribution in [-0.4, -0.2) is 19.0 Å². The average Bonchev–Trinajstić information content (AvgIpc) is 2.38. The first-order valence-corrected chi connectivity index (χ1v) is 5.45. The molecule has 2 rings (SSSR count). The largest absolute Gasteiger partial charge is 0.462 e. The van der Waals surface area contributed by atoms with E-state index in [1.165, 1.54) is 12.1 Å². The second-order valence-electron chi connectivity index (χ2n) is 3.91. The molecule has 6 nitrogen and oxygen atoms in total. The van der Waals surface area contributed by atoms with Gasteiger partial charge in [0.15, 0.2) is 0 Å². The maximum atomic E-state index is 11.4. The number of hydrogen-bond donors (Lipinski definition) is 1. The van der Waals surface area contributed by atoms with Gasteiger partial charge in [0.25, 0.3) is 0 Å². The molecule has 0 aliphatic carbocycles. The molecule has 0 aliphatic rings. The molecule has 19 heavy (non-hydrogen) atoms. The molecular weight excluding hydrogens is 250 g/mol. The van der Waals surface area contributed by atoms with Crippen LogP contribution in [0.3, 0.4) is 0 Å². The molecular formula is C13H11NO5. The molecule has 1 aromatic heterocycles. The fraction of sp³-hybridized carbons (Fsp3) is 0.154. The van der Waals surface area contributed by atoms with E-state index in [1.54, 1.807) is 19.1 Å². The molecule has 0 atom stereocenters. The Hall–Kier alpha value is -2.63. The Kier molecular flexibility index (Phi) is 3.33. The number of esters is 1. The quantitative estimate of drug-likeness (QED) is 0.474. The summed E-state index contributed by atoms with van der Waals surface area (Å²) in [5.41, 5.74) is 1.12. The molecule has 0 saturated carbocycles. The number of amides is 1.